The van der Waals surface area contributed by atoms with Gasteiger partial charge in [0.15, 0.2) is 0 Å². The van der Waals surface area contributed by atoms with Gasteiger partial charge in [0.25, 0.3) is 11.5 Å². The highest BCUT2D eigenvalue weighted by molar-refractivity contribution is 5.92. The van der Waals surface area contributed by atoms with Crippen molar-refractivity contribution in [3.05, 3.63) is 45.6 Å². The molecule has 0 saturated heterocycles. The van der Waals surface area contributed by atoms with Crippen LogP contribution in [0.5, 0.6) is 5.75 Å². The minimum atomic E-state index is -0.206. The number of carbonyl (C=O) groups excluding carboxylic acids is 1. The summed E-state index contributed by atoms with van der Waals surface area (Å²) in [5, 5.41) is 6.93. The Hall–Kier alpha value is -2.57. The number of carbonyl (C=O) groups is 1. The average molecular weight is 304 g/mol. The van der Waals surface area contributed by atoms with Gasteiger partial charge in [0.1, 0.15) is 11.4 Å². The number of amides is 1. The fourth-order valence-electron chi connectivity index (χ4n) is 2.30. The van der Waals surface area contributed by atoms with Crippen LogP contribution in [0.25, 0.3) is 0 Å². The Balaban J connectivity index is 2.01. The number of aryl methyl sites for hydroxylation is 3. The van der Waals surface area contributed by atoms with Crippen LogP contribution in [-0.4, -0.2) is 33.9 Å². The molecular weight excluding hydrogens is 284 g/mol. The lowest BCUT2D eigenvalue weighted by Gasteiger charge is -2.12. The predicted molar refractivity (Wildman–Crippen MR) is 82.3 cm³/mol. The summed E-state index contributed by atoms with van der Waals surface area (Å²) < 4.78 is 8.19. The number of hydrogen-bond donors (Lipinski definition) is 1. The number of ether oxygens (including phenoxy) is 1. The molecule has 0 unspecified atom stereocenters. The highest BCUT2D eigenvalue weighted by Crippen LogP contribution is 2.08. The van der Waals surface area contributed by atoms with Crippen LogP contribution >= 0.6 is 0 Å². The normalized spacial score (nSPS) is 10.5. The van der Waals surface area contributed by atoms with Gasteiger partial charge in [-0.25, -0.2) is 0 Å². The molecule has 1 N–H and O–H groups in total. The molecule has 2 heterocycles. The van der Waals surface area contributed by atoms with E-state index in [-0.39, 0.29) is 11.5 Å². The SMILES string of the molecule is COc1cc(C)n(CCNC(=O)c2cc(C)nn2C)c(=O)c1. The Bertz CT molecular complexity index is 746. The fraction of sp³-hybridized carbons (Fsp3) is 0.400. The van der Waals surface area contributed by atoms with Crippen molar-refractivity contribution in [3.63, 3.8) is 0 Å². The van der Waals surface area contributed by atoms with Crippen molar-refractivity contribution >= 4 is 5.91 Å². The van der Waals surface area contributed by atoms with E-state index in [1.807, 2.05) is 13.8 Å². The van der Waals surface area contributed by atoms with E-state index in [1.165, 1.54) is 17.9 Å². The summed E-state index contributed by atoms with van der Waals surface area (Å²) in [4.78, 5) is 24.0. The molecule has 22 heavy (non-hydrogen) atoms. The third-order valence-corrected chi connectivity index (χ3v) is 3.40. The zero-order valence-corrected chi connectivity index (χ0v) is 13.2. The maximum Gasteiger partial charge on any atom is 0.269 e. The molecule has 0 aliphatic heterocycles. The molecule has 0 atom stereocenters. The summed E-state index contributed by atoms with van der Waals surface area (Å²) in [7, 11) is 3.24. The largest absolute Gasteiger partial charge is 0.496 e. The molecule has 0 fully saturated rings. The first-order valence-corrected chi connectivity index (χ1v) is 6.96. The van der Waals surface area contributed by atoms with Crippen LogP contribution < -0.4 is 15.6 Å². The molecule has 2 aromatic rings. The second-order valence-electron chi connectivity index (χ2n) is 5.08. The Morgan fingerprint density at radius 2 is 2.05 bits per heavy atom. The van der Waals surface area contributed by atoms with Gasteiger partial charge in [0, 0.05) is 31.9 Å². The molecule has 0 aliphatic rings. The van der Waals surface area contributed by atoms with Crippen LogP contribution in [-0.2, 0) is 13.6 Å². The number of aromatic nitrogens is 3. The van der Waals surface area contributed by atoms with E-state index in [2.05, 4.69) is 10.4 Å². The smallest absolute Gasteiger partial charge is 0.269 e. The molecular formula is C15H20N4O3. The van der Waals surface area contributed by atoms with E-state index < -0.39 is 0 Å². The Morgan fingerprint density at radius 3 is 2.59 bits per heavy atom. The zero-order chi connectivity index (χ0) is 16.3. The van der Waals surface area contributed by atoms with Crippen molar-refractivity contribution in [2.45, 2.75) is 20.4 Å². The summed E-state index contributed by atoms with van der Waals surface area (Å²) in [6, 6.07) is 4.94. The van der Waals surface area contributed by atoms with E-state index in [1.54, 1.807) is 23.7 Å². The molecule has 0 bridgehead atoms. The first-order valence-electron chi connectivity index (χ1n) is 6.96. The van der Waals surface area contributed by atoms with Gasteiger partial charge >= 0.3 is 0 Å². The Kier molecular flexibility index (Phi) is 4.65. The molecule has 2 rings (SSSR count). The number of nitrogens with zero attached hydrogens (tertiary/aromatic N) is 3. The van der Waals surface area contributed by atoms with E-state index in [9.17, 15) is 9.59 Å². The van der Waals surface area contributed by atoms with Crippen molar-refractivity contribution in [2.24, 2.45) is 7.05 Å². The predicted octanol–water partition coefficient (Wildman–Crippen LogP) is 0.637. The van der Waals surface area contributed by atoms with E-state index in [0.29, 0.717) is 24.5 Å². The molecule has 1 amide bonds. The molecule has 0 aliphatic carbocycles. The number of methoxy groups -OCH3 is 1. The number of hydrogen-bond acceptors (Lipinski definition) is 4. The van der Waals surface area contributed by atoms with Crippen molar-refractivity contribution in [1.82, 2.24) is 19.7 Å². The molecule has 0 aromatic carbocycles. The second-order valence-corrected chi connectivity index (χ2v) is 5.08. The maximum atomic E-state index is 12.1. The van der Waals surface area contributed by atoms with Crippen molar-refractivity contribution in [3.8, 4) is 5.75 Å². The fourth-order valence-corrected chi connectivity index (χ4v) is 2.30. The summed E-state index contributed by atoms with van der Waals surface area (Å²) in [5.41, 5.74) is 1.92. The van der Waals surface area contributed by atoms with Crippen molar-refractivity contribution in [1.29, 1.82) is 0 Å². The third-order valence-electron chi connectivity index (χ3n) is 3.40. The summed E-state index contributed by atoms with van der Waals surface area (Å²) >= 11 is 0. The van der Waals surface area contributed by atoms with Crippen LogP contribution in [0.1, 0.15) is 21.9 Å². The minimum absolute atomic E-state index is 0.150. The van der Waals surface area contributed by atoms with Crippen LogP contribution in [0.3, 0.4) is 0 Å². The topological polar surface area (TPSA) is 78.2 Å². The van der Waals surface area contributed by atoms with Crippen molar-refractivity contribution in [2.75, 3.05) is 13.7 Å². The highest BCUT2D eigenvalue weighted by Gasteiger charge is 2.11. The van der Waals surface area contributed by atoms with Gasteiger partial charge in [-0.1, -0.05) is 0 Å². The van der Waals surface area contributed by atoms with Crippen LogP contribution in [0.15, 0.2) is 23.0 Å². The monoisotopic (exact) mass is 304 g/mol. The van der Waals surface area contributed by atoms with Gasteiger partial charge in [0.2, 0.25) is 0 Å². The lowest BCUT2D eigenvalue weighted by Crippen LogP contribution is -2.32. The number of pyridine rings is 1. The summed E-state index contributed by atoms with van der Waals surface area (Å²) in [6.07, 6.45) is 0. The minimum Gasteiger partial charge on any atom is -0.496 e. The molecule has 0 radical (unpaired) electrons. The van der Waals surface area contributed by atoms with E-state index in [0.717, 1.165) is 11.4 Å². The maximum absolute atomic E-state index is 12.1. The van der Waals surface area contributed by atoms with E-state index in [4.69, 9.17) is 4.74 Å². The van der Waals surface area contributed by atoms with Gasteiger partial charge in [-0.05, 0) is 26.0 Å². The zero-order valence-electron chi connectivity index (χ0n) is 13.2. The van der Waals surface area contributed by atoms with Gasteiger partial charge in [-0.2, -0.15) is 5.10 Å². The summed E-state index contributed by atoms with van der Waals surface area (Å²) in [5.74, 6) is 0.329. The van der Waals surface area contributed by atoms with Gasteiger partial charge < -0.3 is 14.6 Å². The first-order chi connectivity index (χ1) is 10.4. The third kappa shape index (κ3) is 3.36. The molecule has 7 heteroatoms. The molecule has 118 valence electrons. The van der Waals surface area contributed by atoms with Crippen molar-refractivity contribution < 1.29 is 9.53 Å². The van der Waals surface area contributed by atoms with Crippen LogP contribution in [0, 0.1) is 13.8 Å². The van der Waals surface area contributed by atoms with E-state index >= 15 is 0 Å². The van der Waals surface area contributed by atoms with Crippen LogP contribution in [0.4, 0.5) is 0 Å². The molecule has 0 spiro atoms. The number of rotatable bonds is 5. The Morgan fingerprint density at radius 1 is 1.32 bits per heavy atom. The Labute approximate surface area is 128 Å². The van der Waals surface area contributed by atoms with Gasteiger partial charge in [-0.3, -0.25) is 14.3 Å². The highest BCUT2D eigenvalue weighted by atomic mass is 16.5. The first kappa shape index (κ1) is 15.8. The second kappa shape index (κ2) is 6.46. The quantitative estimate of drug-likeness (QED) is 0.879. The van der Waals surface area contributed by atoms with Crippen LogP contribution in [0.2, 0.25) is 0 Å². The molecule has 0 saturated carbocycles. The lowest BCUT2D eigenvalue weighted by atomic mass is 10.3. The number of nitrogens with one attached hydrogen (secondary N) is 1. The van der Waals surface area contributed by atoms with Gasteiger partial charge in [0.05, 0.1) is 12.8 Å². The standard InChI is InChI=1S/C15H20N4O3/c1-10-7-13(18(3)17-10)15(21)16-5-6-19-11(2)8-12(22-4)9-14(19)20/h7-9H,5-6H2,1-4H3,(H,16,21). The summed E-state index contributed by atoms with van der Waals surface area (Å²) in [6.45, 7) is 4.42. The van der Waals surface area contributed by atoms with Gasteiger partial charge in [-0.15, -0.1) is 0 Å². The lowest BCUT2D eigenvalue weighted by molar-refractivity contribution is 0.0942. The molecule has 2 aromatic heterocycles. The molecule has 7 nitrogen and oxygen atoms in total. The average Bonchev–Trinajstić information content (AvgIpc) is 2.80.